The quantitative estimate of drug-likeness (QED) is 0.813. The van der Waals surface area contributed by atoms with Crippen LogP contribution < -0.4 is 10.2 Å². The molecule has 0 fully saturated rings. The topological polar surface area (TPSA) is 32.3 Å². The van der Waals surface area contributed by atoms with Crippen molar-refractivity contribution in [2.45, 2.75) is 6.42 Å². The van der Waals surface area contributed by atoms with Gasteiger partial charge in [0.15, 0.2) is 0 Å². The van der Waals surface area contributed by atoms with E-state index in [2.05, 4.69) is 5.32 Å². The third kappa shape index (κ3) is 3.02. The highest BCUT2D eigenvalue weighted by Gasteiger charge is 2.23. The van der Waals surface area contributed by atoms with Gasteiger partial charge in [0.2, 0.25) is 5.91 Å². The van der Waals surface area contributed by atoms with Crippen molar-refractivity contribution in [3.05, 3.63) is 57.0 Å². The van der Waals surface area contributed by atoms with E-state index in [0.29, 0.717) is 27.3 Å². The summed E-state index contributed by atoms with van der Waals surface area (Å²) in [6.45, 7) is 0.848. The zero-order chi connectivity index (χ0) is 15.7. The number of rotatable bonds is 3. The van der Waals surface area contributed by atoms with Crippen LogP contribution in [0.4, 0.5) is 11.4 Å². The van der Waals surface area contributed by atoms with Crippen LogP contribution in [0.15, 0.2) is 36.4 Å². The van der Waals surface area contributed by atoms with Gasteiger partial charge in [-0.25, -0.2) is 0 Å². The first kappa shape index (κ1) is 15.5. The van der Waals surface area contributed by atoms with E-state index in [9.17, 15) is 4.79 Å². The van der Waals surface area contributed by atoms with Gasteiger partial charge in [-0.05, 0) is 30.2 Å². The molecule has 0 bridgehead atoms. The lowest BCUT2D eigenvalue weighted by Crippen LogP contribution is -2.34. The number of halogens is 3. The molecule has 1 aliphatic rings. The fraction of sp³-hybridized carbons (Fsp3) is 0.188. The Labute approximate surface area is 143 Å². The third-order valence-electron chi connectivity index (χ3n) is 3.63. The van der Waals surface area contributed by atoms with Crippen molar-refractivity contribution < 1.29 is 4.79 Å². The van der Waals surface area contributed by atoms with E-state index in [1.54, 1.807) is 17.0 Å². The summed E-state index contributed by atoms with van der Waals surface area (Å²) >= 11 is 18.0. The second-order valence-corrected chi connectivity index (χ2v) is 6.25. The molecule has 22 heavy (non-hydrogen) atoms. The van der Waals surface area contributed by atoms with Crippen molar-refractivity contribution in [2.24, 2.45) is 0 Å². The molecule has 3 rings (SSSR count). The Balaban J connectivity index is 1.70. The maximum atomic E-state index is 12.4. The molecule has 2 aromatic rings. The molecule has 0 saturated heterocycles. The number of carbonyl (C=O) groups is 1. The van der Waals surface area contributed by atoms with Crippen molar-refractivity contribution in [2.75, 3.05) is 23.3 Å². The summed E-state index contributed by atoms with van der Waals surface area (Å²) in [6, 6.07) is 11.1. The first-order valence-corrected chi connectivity index (χ1v) is 7.96. The molecule has 0 unspecified atom stereocenters. The molecule has 1 N–H and O–H groups in total. The molecule has 114 valence electrons. The lowest BCUT2D eigenvalue weighted by Gasteiger charge is -2.18. The molecule has 0 saturated carbocycles. The number of carbonyl (C=O) groups excluding carboxylic acids is 1. The minimum Gasteiger partial charge on any atom is -0.375 e. The number of nitrogens with one attached hydrogen (secondary N) is 1. The van der Waals surface area contributed by atoms with Gasteiger partial charge in [-0.1, -0.05) is 53.0 Å². The lowest BCUT2D eigenvalue weighted by atomic mass is 10.2. The largest absolute Gasteiger partial charge is 0.375 e. The first-order valence-electron chi connectivity index (χ1n) is 6.83. The van der Waals surface area contributed by atoms with E-state index in [0.717, 1.165) is 12.1 Å². The van der Waals surface area contributed by atoms with E-state index >= 15 is 0 Å². The van der Waals surface area contributed by atoms with Crippen LogP contribution in [0.3, 0.4) is 0 Å². The van der Waals surface area contributed by atoms with Gasteiger partial charge in [-0.15, -0.1) is 0 Å². The molecule has 1 heterocycles. The maximum Gasteiger partial charge on any atom is 0.246 e. The van der Waals surface area contributed by atoms with Gasteiger partial charge in [0.05, 0.1) is 27.3 Å². The molecular weight excluding hydrogens is 343 g/mol. The van der Waals surface area contributed by atoms with E-state index in [1.807, 2.05) is 24.3 Å². The lowest BCUT2D eigenvalue weighted by molar-refractivity contribution is -0.116. The van der Waals surface area contributed by atoms with Crippen LogP contribution in [-0.2, 0) is 11.2 Å². The highest BCUT2D eigenvalue weighted by atomic mass is 35.5. The zero-order valence-corrected chi connectivity index (χ0v) is 13.8. The van der Waals surface area contributed by atoms with Crippen LogP contribution in [0.25, 0.3) is 0 Å². The summed E-state index contributed by atoms with van der Waals surface area (Å²) in [7, 11) is 0. The molecule has 0 atom stereocenters. The zero-order valence-electron chi connectivity index (χ0n) is 11.6. The van der Waals surface area contributed by atoms with E-state index < -0.39 is 0 Å². The summed E-state index contributed by atoms with van der Waals surface area (Å²) in [4.78, 5) is 14.2. The molecule has 0 spiro atoms. The highest BCUT2D eigenvalue weighted by molar-refractivity contribution is 6.44. The van der Waals surface area contributed by atoms with Gasteiger partial charge < -0.3 is 10.2 Å². The Morgan fingerprint density at radius 3 is 2.64 bits per heavy atom. The normalized spacial score (nSPS) is 13.1. The van der Waals surface area contributed by atoms with Crippen molar-refractivity contribution in [3.8, 4) is 0 Å². The molecule has 0 aliphatic carbocycles. The summed E-state index contributed by atoms with van der Waals surface area (Å²) < 4.78 is 0. The minimum atomic E-state index is -0.00732. The predicted molar refractivity (Wildman–Crippen MR) is 92.5 cm³/mol. The Kier molecular flexibility index (Phi) is 4.48. The minimum absolute atomic E-state index is 0.00732. The van der Waals surface area contributed by atoms with E-state index in [1.165, 1.54) is 5.56 Å². The second kappa shape index (κ2) is 6.37. The van der Waals surface area contributed by atoms with E-state index in [-0.39, 0.29) is 12.5 Å². The average Bonchev–Trinajstić information content (AvgIpc) is 2.93. The molecular formula is C16H13Cl3N2O. The number of para-hydroxylation sites is 1. The number of amides is 1. The Morgan fingerprint density at radius 2 is 1.82 bits per heavy atom. The molecule has 0 aromatic heterocycles. The van der Waals surface area contributed by atoms with Crippen molar-refractivity contribution >= 4 is 52.1 Å². The SMILES string of the molecule is O=C(CNc1cc(Cl)c(Cl)cc1Cl)N1CCc2ccccc21. The van der Waals surface area contributed by atoms with Gasteiger partial charge in [0, 0.05) is 12.2 Å². The van der Waals surface area contributed by atoms with Crippen molar-refractivity contribution in [3.63, 3.8) is 0 Å². The fourth-order valence-corrected chi connectivity index (χ4v) is 3.14. The molecule has 2 aromatic carbocycles. The second-order valence-electron chi connectivity index (χ2n) is 5.02. The van der Waals surface area contributed by atoms with Crippen LogP contribution in [0.2, 0.25) is 15.1 Å². The van der Waals surface area contributed by atoms with Gasteiger partial charge in [-0.3, -0.25) is 4.79 Å². The summed E-state index contributed by atoms with van der Waals surface area (Å²) in [5, 5.41) is 4.24. The number of benzene rings is 2. The maximum absolute atomic E-state index is 12.4. The molecule has 1 aliphatic heterocycles. The van der Waals surface area contributed by atoms with Crippen LogP contribution in [0.1, 0.15) is 5.56 Å². The third-order valence-corrected chi connectivity index (χ3v) is 4.66. The van der Waals surface area contributed by atoms with Crippen molar-refractivity contribution in [1.29, 1.82) is 0 Å². The van der Waals surface area contributed by atoms with Crippen LogP contribution >= 0.6 is 34.8 Å². The standard InChI is InChI=1S/C16H13Cl3N2O/c17-11-7-13(19)14(8-12(11)18)20-9-16(22)21-6-5-10-3-1-2-4-15(10)21/h1-4,7-8,20H,5-6,9H2. The van der Waals surface area contributed by atoms with Crippen LogP contribution in [-0.4, -0.2) is 19.0 Å². The summed E-state index contributed by atoms with van der Waals surface area (Å²) in [5.41, 5.74) is 2.77. The number of fused-ring (bicyclic) bond motifs is 1. The van der Waals surface area contributed by atoms with Gasteiger partial charge >= 0.3 is 0 Å². The first-order chi connectivity index (χ1) is 10.6. The fourth-order valence-electron chi connectivity index (χ4n) is 2.52. The Morgan fingerprint density at radius 1 is 1.09 bits per heavy atom. The Hall–Kier alpha value is -1.42. The summed E-state index contributed by atoms with van der Waals surface area (Å²) in [6.07, 6.45) is 0.884. The Bertz CT molecular complexity index is 733. The van der Waals surface area contributed by atoms with Crippen LogP contribution in [0.5, 0.6) is 0 Å². The smallest absolute Gasteiger partial charge is 0.246 e. The van der Waals surface area contributed by atoms with Gasteiger partial charge in [0.1, 0.15) is 0 Å². The molecule has 0 radical (unpaired) electrons. The van der Waals surface area contributed by atoms with Crippen LogP contribution in [0, 0.1) is 0 Å². The monoisotopic (exact) mass is 354 g/mol. The number of nitrogens with zero attached hydrogens (tertiary/aromatic N) is 1. The number of hydrogen-bond acceptors (Lipinski definition) is 2. The molecule has 6 heteroatoms. The van der Waals surface area contributed by atoms with Crippen molar-refractivity contribution in [1.82, 2.24) is 0 Å². The average molecular weight is 356 g/mol. The van der Waals surface area contributed by atoms with E-state index in [4.69, 9.17) is 34.8 Å². The molecule has 3 nitrogen and oxygen atoms in total. The number of anilines is 2. The van der Waals surface area contributed by atoms with Gasteiger partial charge in [-0.2, -0.15) is 0 Å². The molecule has 1 amide bonds. The summed E-state index contributed by atoms with van der Waals surface area (Å²) in [5.74, 6) is -0.00732. The predicted octanol–water partition coefficient (Wildman–Crippen LogP) is 4.65. The highest BCUT2D eigenvalue weighted by Crippen LogP contribution is 2.32. The number of hydrogen-bond donors (Lipinski definition) is 1. The van der Waals surface area contributed by atoms with Gasteiger partial charge in [0.25, 0.3) is 0 Å².